The number of aliphatic hydroxyl groups is 1. The number of aliphatic carboxylic acids is 1. The molecule has 0 spiro atoms. The minimum absolute atomic E-state index is 0.139. The highest BCUT2D eigenvalue weighted by Crippen LogP contribution is 2.19. The van der Waals surface area contributed by atoms with E-state index in [1.54, 1.807) is 6.92 Å². The van der Waals surface area contributed by atoms with E-state index in [9.17, 15) is 4.79 Å². The van der Waals surface area contributed by atoms with Gasteiger partial charge < -0.3 is 10.2 Å². The maximum atomic E-state index is 10.3. The first-order valence-electron chi connectivity index (χ1n) is 2.70. The Bertz CT molecular complexity index is 231. The average Bonchev–Trinajstić information content (AvgIpc) is 2.11. The summed E-state index contributed by atoms with van der Waals surface area (Å²) in [5.74, 6) is -1.66. The Morgan fingerprint density at radius 3 is 2.50 bits per heavy atom. The molecule has 0 fully saturated rings. The number of nitrogens with zero attached hydrogens (tertiary/aromatic N) is 2. The molecule has 0 aliphatic carbocycles. The number of hydrogen-bond donors (Lipinski definition) is 2. The van der Waals surface area contributed by atoms with Gasteiger partial charge in [-0.25, -0.2) is 4.79 Å². The van der Waals surface area contributed by atoms with E-state index in [0.29, 0.717) is 0 Å². The summed E-state index contributed by atoms with van der Waals surface area (Å²) in [6.07, 6.45) is 0. The molecule has 0 aromatic rings. The number of carboxylic acids is 1. The van der Waals surface area contributed by atoms with E-state index >= 15 is 0 Å². The van der Waals surface area contributed by atoms with Crippen LogP contribution < -0.4 is 0 Å². The Balaban J connectivity index is 2.96. The topological polar surface area (TPSA) is 82.2 Å². The standard InChI is InChI=1S/C5H6N2O3/c1-2-3(5(9)10)4(8)7-6-2/h2,8H,1H3,(H,9,10). The van der Waals surface area contributed by atoms with Crippen LogP contribution >= 0.6 is 0 Å². The molecule has 10 heavy (non-hydrogen) atoms. The zero-order chi connectivity index (χ0) is 7.72. The van der Waals surface area contributed by atoms with E-state index in [1.165, 1.54) is 0 Å². The fraction of sp³-hybridized carbons (Fsp3) is 0.400. The molecule has 1 aliphatic rings. The van der Waals surface area contributed by atoms with Crippen molar-refractivity contribution in [3.05, 3.63) is 11.5 Å². The van der Waals surface area contributed by atoms with E-state index in [0.717, 1.165) is 0 Å². The maximum Gasteiger partial charge on any atom is 0.339 e. The Labute approximate surface area is 56.7 Å². The van der Waals surface area contributed by atoms with E-state index in [4.69, 9.17) is 10.2 Å². The van der Waals surface area contributed by atoms with Gasteiger partial charge >= 0.3 is 5.97 Å². The quantitative estimate of drug-likeness (QED) is 0.565. The van der Waals surface area contributed by atoms with Gasteiger partial charge in [0.15, 0.2) is 0 Å². The minimum atomic E-state index is -1.17. The van der Waals surface area contributed by atoms with Gasteiger partial charge in [0.1, 0.15) is 11.6 Å². The van der Waals surface area contributed by atoms with E-state index < -0.39 is 17.9 Å². The fourth-order valence-electron chi connectivity index (χ4n) is 0.714. The lowest BCUT2D eigenvalue weighted by Gasteiger charge is -1.96. The van der Waals surface area contributed by atoms with E-state index in [-0.39, 0.29) is 5.57 Å². The molecule has 1 heterocycles. The molecule has 0 saturated heterocycles. The zero-order valence-electron chi connectivity index (χ0n) is 5.27. The van der Waals surface area contributed by atoms with Crippen molar-refractivity contribution in [3.63, 3.8) is 0 Å². The summed E-state index contributed by atoms with van der Waals surface area (Å²) in [6, 6.07) is -0.530. The fourth-order valence-corrected chi connectivity index (χ4v) is 0.714. The van der Waals surface area contributed by atoms with Crippen LogP contribution in [0.5, 0.6) is 0 Å². The van der Waals surface area contributed by atoms with Crippen LogP contribution in [0.2, 0.25) is 0 Å². The Morgan fingerprint density at radius 2 is 2.30 bits per heavy atom. The summed E-state index contributed by atoms with van der Waals surface area (Å²) >= 11 is 0. The smallest absolute Gasteiger partial charge is 0.339 e. The van der Waals surface area contributed by atoms with Crippen LogP contribution in [0.3, 0.4) is 0 Å². The number of rotatable bonds is 1. The largest absolute Gasteiger partial charge is 0.492 e. The molecule has 1 rings (SSSR count). The maximum absolute atomic E-state index is 10.3. The second kappa shape index (κ2) is 2.09. The molecule has 0 saturated carbocycles. The van der Waals surface area contributed by atoms with Crippen molar-refractivity contribution < 1.29 is 15.0 Å². The van der Waals surface area contributed by atoms with Gasteiger partial charge in [-0.05, 0) is 6.92 Å². The van der Waals surface area contributed by atoms with Gasteiger partial charge in [-0.3, -0.25) is 0 Å². The number of carbonyl (C=O) groups is 1. The van der Waals surface area contributed by atoms with Gasteiger partial charge in [0, 0.05) is 0 Å². The van der Waals surface area contributed by atoms with Crippen LogP contribution in [0.4, 0.5) is 0 Å². The van der Waals surface area contributed by atoms with E-state index in [1.807, 2.05) is 0 Å². The lowest BCUT2D eigenvalue weighted by atomic mass is 10.1. The van der Waals surface area contributed by atoms with Crippen molar-refractivity contribution in [2.75, 3.05) is 0 Å². The van der Waals surface area contributed by atoms with Crippen molar-refractivity contribution >= 4 is 5.97 Å². The van der Waals surface area contributed by atoms with Crippen LogP contribution in [0.25, 0.3) is 0 Å². The molecule has 0 radical (unpaired) electrons. The monoisotopic (exact) mass is 142 g/mol. The van der Waals surface area contributed by atoms with Crippen molar-refractivity contribution in [1.82, 2.24) is 0 Å². The number of carboxylic acid groups (broad SMARTS) is 1. The molecule has 2 N–H and O–H groups in total. The highest BCUT2D eigenvalue weighted by molar-refractivity contribution is 5.88. The third-order valence-electron chi connectivity index (χ3n) is 1.21. The summed E-state index contributed by atoms with van der Waals surface area (Å²) in [4.78, 5) is 10.3. The SMILES string of the molecule is CC1N=NC(O)=C1C(=O)O. The van der Waals surface area contributed by atoms with Crippen LogP contribution in [0.1, 0.15) is 6.92 Å². The molecule has 0 amide bonds. The molecule has 1 unspecified atom stereocenters. The first-order valence-corrected chi connectivity index (χ1v) is 2.70. The number of azo groups is 1. The van der Waals surface area contributed by atoms with Gasteiger partial charge in [-0.2, -0.15) is 5.11 Å². The lowest BCUT2D eigenvalue weighted by molar-refractivity contribution is -0.133. The zero-order valence-corrected chi connectivity index (χ0v) is 5.27. The van der Waals surface area contributed by atoms with Crippen LogP contribution in [0.15, 0.2) is 21.7 Å². The first kappa shape index (κ1) is 6.73. The van der Waals surface area contributed by atoms with Crippen LogP contribution in [-0.4, -0.2) is 22.2 Å². The Morgan fingerprint density at radius 1 is 1.70 bits per heavy atom. The molecular weight excluding hydrogens is 136 g/mol. The van der Waals surface area contributed by atoms with Gasteiger partial charge in [0.05, 0.1) is 0 Å². The van der Waals surface area contributed by atoms with Crippen molar-refractivity contribution in [1.29, 1.82) is 0 Å². The molecular formula is C5H6N2O3. The third kappa shape index (κ3) is 0.854. The normalized spacial score (nSPS) is 23.9. The Hall–Kier alpha value is -1.39. The predicted octanol–water partition coefficient (Wildman–Crippen LogP) is 0.695. The summed E-state index contributed by atoms with van der Waals surface area (Å²) < 4.78 is 0. The molecule has 0 aromatic heterocycles. The lowest BCUT2D eigenvalue weighted by Crippen LogP contribution is -2.10. The minimum Gasteiger partial charge on any atom is -0.492 e. The van der Waals surface area contributed by atoms with Crippen molar-refractivity contribution in [2.24, 2.45) is 10.2 Å². The van der Waals surface area contributed by atoms with Gasteiger partial charge in [-0.15, -0.1) is 5.11 Å². The highest BCUT2D eigenvalue weighted by atomic mass is 16.4. The summed E-state index contributed by atoms with van der Waals surface area (Å²) in [7, 11) is 0. The molecule has 54 valence electrons. The average molecular weight is 142 g/mol. The molecule has 1 atom stereocenters. The third-order valence-corrected chi connectivity index (χ3v) is 1.21. The second-order valence-corrected chi connectivity index (χ2v) is 1.93. The molecule has 5 heteroatoms. The highest BCUT2D eigenvalue weighted by Gasteiger charge is 2.25. The molecule has 1 aliphatic heterocycles. The summed E-state index contributed by atoms with van der Waals surface area (Å²) in [6.45, 7) is 1.55. The summed E-state index contributed by atoms with van der Waals surface area (Å²) in [5, 5.41) is 23.8. The molecule has 0 aromatic carbocycles. The second-order valence-electron chi connectivity index (χ2n) is 1.93. The number of aliphatic hydroxyl groups excluding tert-OH is 1. The molecule has 0 bridgehead atoms. The Kier molecular flexibility index (Phi) is 1.41. The van der Waals surface area contributed by atoms with Gasteiger partial charge in [-0.1, -0.05) is 0 Å². The van der Waals surface area contributed by atoms with Crippen LogP contribution in [0, 0.1) is 0 Å². The van der Waals surface area contributed by atoms with E-state index in [2.05, 4.69) is 10.2 Å². The van der Waals surface area contributed by atoms with Gasteiger partial charge in [0.2, 0.25) is 5.88 Å². The first-order chi connectivity index (χ1) is 4.63. The molecule has 5 nitrogen and oxygen atoms in total. The van der Waals surface area contributed by atoms with Crippen molar-refractivity contribution in [2.45, 2.75) is 13.0 Å². The van der Waals surface area contributed by atoms with Crippen molar-refractivity contribution in [3.8, 4) is 0 Å². The predicted molar refractivity (Wildman–Crippen MR) is 31.6 cm³/mol. The van der Waals surface area contributed by atoms with Gasteiger partial charge in [0.25, 0.3) is 0 Å². The number of hydrogen-bond acceptors (Lipinski definition) is 4. The van der Waals surface area contributed by atoms with Crippen LogP contribution in [-0.2, 0) is 4.79 Å². The summed E-state index contributed by atoms with van der Waals surface area (Å²) in [5.41, 5.74) is -0.139.